The Labute approximate surface area is 189 Å². The molecule has 1 fully saturated rings. The Kier molecular flexibility index (Phi) is 5.75. The van der Waals surface area contributed by atoms with Gasteiger partial charge in [0, 0.05) is 17.8 Å². The number of nitrogens with zero attached hydrogens (tertiary/aromatic N) is 2. The Bertz CT molecular complexity index is 1170. The second-order valence-corrected chi connectivity index (χ2v) is 8.69. The molecule has 2 aliphatic heterocycles. The van der Waals surface area contributed by atoms with Crippen molar-refractivity contribution in [3.05, 3.63) is 77.2 Å². The van der Waals surface area contributed by atoms with Gasteiger partial charge in [-0.3, -0.25) is 24.2 Å². The molecule has 156 valence electrons. The lowest BCUT2D eigenvalue weighted by atomic mass is 10.1. The number of benzene rings is 2. The minimum Gasteiger partial charge on any atom is -0.324 e. The largest absolute Gasteiger partial charge is 0.324 e. The SMILES string of the molecule is C=CCN1C(=O)/C(=C2\C(=O)N(CC(=O)Nc3ccccc3C)c3ccccc32)SC1=S. The lowest BCUT2D eigenvalue weighted by Gasteiger charge is -2.17. The van der Waals surface area contributed by atoms with Gasteiger partial charge in [0.25, 0.3) is 11.8 Å². The van der Waals surface area contributed by atoms with Crippen LogP contribution in [0.25, 0.3) is 5.57 Å². The van der Waals surface area contributed by atoms with Crippen LogP contribution in [0.5, 0.6) is 0 Å². The van der Waals surface area contributed by atoms with E-state index in [2.05, 4.69) is 11.9 Å². The molecule has 0 atom stereocenters. The maximum Gasteiger partial charge on any atom is 0.267 e. The van der Waals surface area contributed by atoms with E-state index in [1.807, 2.05) is 31.2 Å². The summed E-state index contributed by atoms with van der Waals surface area (Å²) >= 11 is 6.42. The molecule has 2 aromatic rings. The van der Waals surface area contributed by atoms with E-state index >= 15 is 0 Å². The molecular formula is C23H19N3O3S2. The Morgan fingerprint density at radius 3 is 2.55 bits per heavy atom. The molecule has 0 unspecified atom stereocenters. The standard InChI is InChI=1S/C23H19N3O3S2/c1-3-12-25-22(29)20(31-23(25)30)19-15-9-5-7-11-17(15)26(21(19)28)13-18(27)24-16-10-6-4-8-14(16)2/h3-11H,1,12-13H2,2H3,(H,24,27)/b20-19+. The number of hydrogen-bond acceptors (Lipinski definition) is 5. The summed E-state index contributed by atoms with van der Waals surface area (Å²) in [7, 11) is 0. The molecule has 0 spiro atoms. The van der Waals surface area contributed by atoms with Crippen molar-refractivity contribution in [1.82, 2.24) is 4.90 Å². The topological polar surface area (TPSA) is 69.7 Å². The van der Waals surface area contributed by atoms with Gasteiger partial charge in [-0.2, -0.15) is 0 Å². The summed E-state index contributed by atoms with van der Waals surface area (Å²) in [6.07, 6.45) is 1.59. The molecule has 0 radical (unpaired) electrons. The first kappa shape index (κ1) is 21.0. The second-order valence-electron chi connectivity index (χ2n) is 7.05. The third-order valence-corrected chi connectivity index (χ3v) is 6.48. The summed E-state index contributed by atoms with van der Waals surface area (Å²) in [6, 6.07) is 14.6. The zero-order chi connectivity index (χ0) is 22.1. The van der Waals surface area contributed by atoms with Gasteiger partial charge in [0.1, 0.15) is 10.9 Å². The maximum atomic E-state index is 13.4. The molecule has 2 heterocycles. The summed E-state index contributed by atoms with van der Waals surface area (Å²) in [6.45, 7) is 5.66. The van der Waals surface area contributed by atoms with Crippen LogP contribution in [0.2, 0.25) is 0 Å². The summed E-state index contributed by atoms with van der Waals surface area (Å²) < 4.78 is 0.383. The van der Waals surface area contributed by atoms with E-state index in [0.717, 1.165) is 17.3 Å². The van der Waals surface area contributed by atoms with Gasteiger partial charge < -0.3 is 5.32 Å². The number of anilines is 2. The molecule has 31 heavy (non-hydrogen) atoms. The van der Waals surface area contributed by atoms with Crippen molar-refractivity contribution >= 4 is 63.0 Å². The first-order valence-corrected chi connectivity index (χ1v) is 10.8. The van der Waals surface area contributed by atoms with E-state index in [9.17, 15) is 14.4 Å². The normalized spacial score (nSPS) is 17.9. The quantitative estimate of drug-likeness (QED) is 0.428. The molecule has 2 aromatic carbocycles. The number of carbonyl (C=O) groups is 3. The van der Waals surface area contributed by atoms with Crippen LogP contribution in [0, 0.1) is 6.92 Å². The Morgan fingerprint density at radius 2 is 1.81 bits per heavy atom. The van der Waals surface area contributed by atoms with Crippen molar-refractivity contribution in [2.45, 2.75) is 6.92 Å². The van der Waals surface area contributed by atoms with Crippen molar-refractivity contribution in [3.8, 4) is 0 Å². The Morgan fingerprint density at radius 1 is 1.10 bits per heavy atom. The molecule has 2 aliphatic rings. The van der Waals surface area contributed by atoms with Crippen LogP contribution in [0.3, 0.4) is 0 Å². The second kappa shape index (κ2) is 8.49. The van der Waals surface area contributed by atoms with Crippen LogP contribution in [0.15, 0.2) is 66.1 Å². The number of nitrogens with one attached hydrogen (secondary N) is 1. The van der Waals surface area contributed by atoms with Crippen LogP contribution in [0.4, 0.5) is 11.4 Å². The fourth-order valence-electron chi connectivity index (χ4n) is 3.54. The molecule has 0 bridgehead atoms. The highest BCUT2D eigenvalue weighted by atomic mass is 32.2. The molecule has 8 heteroatoms. The number of thioether (sulfide) groups is 1. The summed E-state index contributed by atoms with van der Waals surface area (Å²) in [5.74, 6) is -1.03. The number of amides is 3. The lowest BCUT2D eigenvalue weighted by molar-refractivity contribution is -0.122. The van der Waals surface area contributed by atoms with Crippen LogP contribution >= 0.6 is 24.0 Å². The molecule has 0 aliphatic carbocycles. The predicted molar refractivity (Wildman–Crippen MR) is 128 cm³/mol. The van der Waals surface area contributed by atoms with Gasteiger partial charge in [-0.05, 0) is 24.6 Å². The first-order chi connectivity index (χ1) is 14.9. The van der Waals surface area contributed by atoms with Crippen LogP contribution < -0.4 is 10.2 Å². The summed E-state index contributed by atoms with van der Waals surface area (Å²) in [5.41, 5.74) is 3.11. The zero-order valence-electron chi connectivity index (χ0n) is 16.8. The van der Waals surface area contributed by atoms with Gasteiger partial charge >= 0.3 is 0 Å². The number of hydrogen-bond donors (Lipinski definition) is 1. The summed E-state index contributed by atoms with van der Waals surface area (Å²) in [4.78, 5) is 42.1. The van der Waals surface area contributed by atoms with E-state index in [-0.39, 0.29) is 41.3 Å². The molecule has 1 saturated heterocycles. The first-order valence-electron chi connectivity index (χ1n) is 9.58. The molecule has 0 saturated carbocycles. The van der Waals surface area contributed by atoms with Gasteiger partial charge in [-0.1, -0.05) is 66.5 Å². The van der Waals surface area contributed by atoms with E-state index in [0.29, 0.717) is 21.3 Å². The fourth-order valence-corrected chi connectivity index (χ4v) is 4.89. The van der Waals surface area contributed by atoms with Crippen molar-refractivity contribution < 1.29 is 14.4 Å². The number of aryl methyl sites for hydroxylation is 1. The van der Waals surface area contributed by atoms with Crippen molar-refractivity contribution in [2.75, 3.05) is 23.3 Å². The molecule has 0 aromatic heterocycles. The van der Waals surface area contributed by atoms with Gasteiger partial charge in [-0.15, -0.1) is 6.58 Å². The number of rotatable bonds is 5. The monoisotopic (exact) mass is 449 g/mol. The molecular weight excluding hydrogens is 430 g/mol. The van der Waals surface area contributed by atoms with Gasteiger partial charge in [0.05, 0.1) is 16.2 Å². The third kappa shape index (κ3) is 3.80. The average molecular weight is 450 g/mol. The molecule has 1 N–H and O–H groups in total. The van der Waals surface area contributed by atoms with Gasteiger partial charge in [0.15, 0.2) is 0 Å². The highest BCUT2D eigenvalue weighted by molar-refractivity contribution is 8.26. The van der Waals surface area contributed by atoms with E-state index in [1.54, 1.807) is 30.3 Å². The highest BCUT2D eigenvalue weighted by Crippen LogP contribution is 2.44. The molecule has 6 nitrogen and oxygen atoms in total. The summed E-state index contributed by atoms with van der Waals surface area (Å²) in [5, 5.41) is 2.85. The van der Waals surface area contributed by atoms with Crippen LogP contribution in [-0.2, 0) is 14.4 Å². The number of para-hydroxylation sites is 2. The maximum absolute atomic E-state index is 13.4. The Balaban J connectivity index is 1.66. The lowest BCUT2D eigenvalue weighted by Crippen LogP contribution is -2.35. The van der Waals surface area contributed by atoms with Crippen LogP contribution in [0.1, 0.15) is 11.1 Å². The minimum atomic E-state index is -0.389. The van der Waals surface area contributed by atoms with E-state index < -0.39 is 0 Å². The smallest absolute Gasteiger partial charge is 0.267 e. The molecule has 3 amide bonds. The number of thiocarbonyl (C=S) groups is 1. The van der Waals surface area contributed by atoms with E-state index in [1.165, 1.54) is 9.80 Å². The molecule has 4 rings (SSSR count). The van der Waals surface area contributed by atoms with Crippen LogP contribution in [-0.4, -0.2) is 40.0 Å². The van der Waals surface area contributed by atoms with E-state index in [4.69, 9.17) is 12.2 Å². The van der Waals surface area contributed by atoms with Gasteiger partial charge in [-0.25, -0.2) is 0 Å². The number of fused-ring (bicyclic) bond motifs is 1. The number of carbonyl (C=O) groups excluding carboxylic acids is 3. The Hall–Kier alpha value is -3.23. The van der Waals surface area contributed by atoms with Crippen molar-refractivity contribution in [2.24, 2.45) is 0 Å². The zero-order valence-corrected chi connectivity index (χ0v) is 18.4. The van der Waals surface area contributed by atoms with Crippen molar-refractivity contribution in [3.63, 3.8) is 0 Å². The predicted octanol–water partition coefficient (Wildman–Crippen LogP) is 3.74. The van der Waals surface area contributed by atoms with Crippen molar-refractivity contribution in [1.29, 1.82) is 0 Å². The third-order valence-electron chi connectivity index (χ3n) is 5.03. The van der Waals surface area contributed by atoms with Gasteiger partial charge in [0.2, 0.25) is 5.91 Å². The average Bonchev–Trinajstić information content (AvgIpc) is 3.18. The fraction of sp³-hybridized carbons (Fsp3) is 0.130. The minimum absolute atomic E-state index is 0.166. The highest BCUT2D eigenvalue weighted by Gasteiger charge is 2.42.